The zero-order valence-corrected chi connectivity index (χ0v) is 15.5. The molecule has 0 amide bonds. The first-order chi connectivity index (χ1) is 12.6. The van der Waals surface area contributed by atoms with Crippen molar-refractivity contribution in [2.24, 2.45) is 0 Å². The molecule has 2 aromatic rings. The third-order valence-corrected chi connectivity index (χ3v) is 4.06. The fourth-order valence-corrected chi connectivity index (χ4v) is 2.49. The predicted molar refractivity (Wildman–Crippen MR) is 102 cm³/mol. The molecule has 138 valence electrons. The lowest BCUT2D eigenvalue weighted by atomic mass is 10.1. The van der Waals surface area contributed by atoms with E-state index in [9.17, 15) is 9.59 Å². The van der Waals surface area contributed by atoms with Crippen molar-refractivity contribution in [1.29, 1.82) is 0 Å². The number of benzene rings is 2. The van der Waals surface area contributed by atoms with Gasteiger partial charge in [-0.25, -0.2) is 4.79 Å². The second-order valence-corrected chi connectivity index (χ2v) is 6.12. The summed E-state index contributed by atoms with van der Waals surface area (Å²) in [6.45, 7) is 4.68. The minimum absolute atomic E-state index is 0.0631. The van der Waals surface area contributed by atoms with Gasteiger partial charge in [-0.3, -0.25) is 4.79 Å². The van der Waals surface area contributed by atoms with E-state index in [4.69, 9.17) is 9.47 Å². The van der Waals surface area contributed by atoms with E-state index >= 15 is 0 Å². The molecule has 0 unspecified atom stereocenters. The first-order valence-corrected chi connectivity index (χ1v) is 9.22. The smallest absolute Gasteiger partial charge is 0.343 e. The van der Waals surface area contributed by atoms with Gasteiger partial charge >= 0.3 is 5.97 Å². The van der Waals surface area contributed by atoms with Crippen LogP contribution in [0.5, 0.6) is 11.5 Å². The molecule has 0 spiro atoms. The first-order valence-electron chi connectivity index (χ1n) is 9.22. The molecule has 0 fully saturated rings. The minimum atomic E-state index is -0.436. The van der Waals surface area contributed by atoms with Gasteiger partial charge in [-0.2, -0.15) is 0 Å². The van der Waals surface area contributed by atoms with Gasteiger partial charge in [0.05, 0.1) is 12.2 Å². The summed E-state index contributed by atoms with van der Waals surface area (Å²) in [6, 6.07) is 13.5. The molecule has 0 saturated carbocycles. The van der Waals surface area contributed by atoms with Crippen molar-refractivity contribution in [3.8, 4) is 11.5 Å². The topological polar surface area (TPSA) is 52.6 Å². The van der Waals surface area contributed by atoms with Crippen molar-refractivity contribution in [1.82, 2.24) is 0 Å². The highest BCUT2D eigenvalue weighted by Gasteiger charge is 2.10. The Hall–Kier alpha value is -2.62. The fraction of sp³-hybridized carbons (Fsp3) is 0.364. The van der Waals surface area contributed by atoms with Crippen molar-refractivity contribution in [3.05, 3.63) is 59.7 Å². The molecule has 0 atom stereocenters. The van der Waals surface area contributed by atoms with Crippen LogP contribution in [0.25, 0.3) is 0 Å². The number of ether oxygens (including phenoxy) is 2. The molecule has 0 N–H and O–H groups in total. The molecule has 26 heavy (non-hydrogen) atoms. The maximum Gasteiger partial charge on any atom is 0.343 e. The van der Waals surface area contributed by atoms with Crippen molar-refractivity contribution in [2.45, 2.75) is 46.0 Å². The summed E-state index contributed by atoms with van der Waals surface area (Å²) in [5.74, 6) is 0.793. The number of esters is 1. The van der Waals surface area contributed by atoms with E-state index in [0.717, 1.165) is 12.2 Å². The van der Waals surface area contributed by atoms with Crippen LogP contribution >= 0.6 is 0 Å². The molecule has 4 nitrogen and oxygen atoms in total. The van der Waals surface area contributed by atoms with Gasteiger partial charge in [0.2, 0.25) is 0 Å². The second kappa shape index (κ2) is 10.4. The minimum Gasteiger partial charge on any atom is -0.494 e. The van der Waals surface area contributed by atoms with Gasteiger partial charge in [0, 0.05) is 12.0 Å². The van der Waals surface area contributed by atoms with Crippen molar-refractivity contribution in [3.63, 3.8) is 0 Å². The summed E-state index contributed by atoms with van der Waals surface area (Å²) < 4.78 is 11.0. The summed E-state index contributed by atoms with van der Waals surface area (Å²) in [5, 5.41) is 0. The van der Waals surface area contributed by atoms with E-state index in [0.29, 0.717) is 29.9 Å². The third-order valence-electron chi connectivity index (χ3n) is 4.06. The number of carbonyl (C=O) groups is 2. The quantitative estimate of drug-likeness (QED) is 0.246. The molecule has 0 heterocycles. The highest BCUT2D eigenvalue weighted by molar-refractivity contribution is 5.96. The van der Waals surface area contributed by atoms with Crippen LogP contribution in [0.3, 0.4) is 0 Å². The lowest BCUT2D eigenvalue weighted by Crippen LogP contribution is -2.08. The third kappa shape index (κ3) is 6.03. The summed E-state index contributed by atoms with van der Waals surface area (Å²) in [4.78, 5) is 23.8. The number of hydrogen-bond acceptors (Lipinski definition) is 4. The molecule has 0 aliphatic rings. The van der Waals surface area contributed by atoms with Crippen molar-refractivity contribution in [2.75, 3.05) is 6.61 Å². The summed E-state index contributed by atoms with van der Waals surface area (Å²) in [5.41, 5.74) is 1.07. The SMILES string of the molecule is CCCCCCOc1ccc(C(=O)Oc2ccc(C(=O)CC)cc2)cc1. The predicted octanol–water partition coefficient (Wildman–Crippen LogP) is 5.46. The zero-order chi connectivity index (χ0) is 18.8. The van der Waals surface area contributed by atoms with Crippen LogP contribution in [0.4, 0.5) is 0 Å². The Bertz CT molecular complexity index is 702. The normalized spacial score (nSPS) is 10.4. The number of hydrogen-bond donors (Lipinski definition) is 0. The van der Waals surface area contributed by atoms with E-state index in [1.165, 1.54) is 19.3 Å². The molecular weight excluding hydrogens is 328 g/mol. The number of rotatable bonds is 10. The molecule has 2 aromatic carbocycles. The average molecular weight is 354 g/mol. The van der Waals surface area contributed by atoms with Gasteiger partial charge in [0.15, 0.2) is 5.78 Å². The largest absolute Gasteiger partial charge is 0.494 e. The Balaban J connectivity index is 1.86. The van der Waals surface area contributed by atoms with Crippen LogP contribution in [0.1, 0.15) is 66.7 Å². The molecule has 0 aliphatic heterocycles. The van der Waals surface area contributed by atoms with Crippen LogP contribution < -0.4 is 9.47 Å². The molecule has 0 aliphatic carbocycles. The lowest BCUT2D eigenvalue weighted by Gasteiger charge is -2.08. The van der Waals surface area contributed by atoms with Crippen LogP contribution in [0.15, 0.2) is 48.5 Å². The van der Waals surface area contributed by atoms with Gasteiger partial charge in [0.25, 0.3) is 0 Å². The second-order valence-electron chi connectivity index (χ2n) is 6.12. The fourth-order valence-electron chi connectivity index (χ4n) is 2.49. The Morgan fingerprint density at radius 1 is 0.769 bits per heavy atom. The van der Waals surface area contributed by atoms with E-state index in [2.05, 4.69) is 6.92 Å². The van der Waals surface area contributed by atoms with E-state index in [-0.39, 0.29) is 5.78 Å². The van der Waals surface area contributed by atoms with Gasteiger partial charge in [-0.1, -0.05) is 33.1 Å². The average Bonchev–Trinajstić information content (AvgIpc) is 2.68. The number of Topliss-reactive ketones (excluding diaryl/α,β-unsaturated/α-hetero) is 1. The molecular formula is C22H26O4. The maximum absolute atomic E-state index is 12.2. The number of ketones is 1. The molecule has 0 bridgehead atoms. The van der Waals surface area contributed by atoms with Crippen LogP contribution in [0.2, 0.25) is 0 Å². The zero-order valence-electron chi connectivity index (χ0n) is 15.5. The van der Waals surface area contributed by atoms with Crippen LogP contribution in [-0.2, 0) is 0 Å². The standard InChI is InChI=1S/C22H26O4/c1-3-5-6-7-16-25-19-12-10-18(11-13-19)22(24)26-20-14-8-17(9-15-20)21(23)4-2/h8-15H,3-7,16H2,1-2H3. The highest BCUT2D eigenvalue weighted by atomic mass is 16.5. The van der Waals surface area contributed by atoms with Gasteiger partial charge in [-0.15, -0.1) is 0 Å². The Morgan fingerprint density at radius 3 is 2.00 bits per heavy atom. The van der Waals surface area contributed by atoms with Crippen molar-refractivity contribution >= 4 is 11.8 Å². The monoisotopic (exact) mass is 354 g/mol. The summed E-state index contributed by atoms with van der Waals surface area (Å²) >= 11 is 0. The highest BCUT2D eigenvalue weighted by Crippen LogP contribution is 2.17. The Labute approximate surface area is 155 Å². The molecule has 0 aromatic heterocycles. The van der Waals surface area contributed by atoms with Gasteiger partial charge in [0.1, 0.15) is 11.5 Å². The molecule has 2 rings (SSSR count). The first kappa shape index (κ1) is 19.7. The van der Waals surface area contributed by atoms with Crippen LogP contribution in [0, 0.1) is 0 Å². The summed E-state index contributed by atoms with van der Waals surface area (Å²) in [7, 11) is 0. The van der Waals surface area contributed by atoms with Gasteiger partial charge < -0.3 is 9.47 Å². The summed E-state index contributed by atoms with van der Waals surface area (Å²) in [6.07, 6.45) is 5.08. The Morgan fingerprint density at radius 2 is 1.38 bits per heavy atom. The maximum atomic E-state index is 12.2. The lowest BCUT2D eigenvalue weighted by molar-refractivity contribution is 0.0734. The molecule has 0 saturated heterocycles. The van der Waals surface area contributed by atoms with E-state index < -0.39 is 5.97 Å². The van der Waals surface area contributed by atoms with E-state index in [1.807, 2.05) is 6.92 Å². The van der Waals surface area contributed by atoms with Crippen molar-refractivity contribution < 1.29 is 19.1 Å². The number of carbonyl (C=O) groups excluding carboxylic acids is 2. The Kier molecular flexibility index (Phi) is 7.87. The van der Waals surface area contributed by atoms with Crippen LogP contribution in [-0.4, -0.2) is 18.4 Å². The van der Waals surface area contributed by atoms with Gasteiger partial charge in [-0.05, 0) is 55.0 Å². The van der Waals surface area contributed by atoms with E-state index in [1.54, 1.807) is 48.5 Å². The molecule has 0 radical (unpaired) electrons. The molecule has 4 heteroatoms. The number of unbranched alkanes of at least 4 members (excludes halogenated alkanes) is 3.